The van der Waals surface area contributed by atoms with E-state index in [0.29, 0.717) is 4.67 Å². The highest BCUT2D eigenvalue weighted by Gasteiger charge is 2.12. The zero-order chi connectivity index (χ0) is 8.43. The number of hydrogen-bond acceptors (Lipinski definition) is 2. The third kappa shape index (κ3) is 1.63. The van der Waals surface area contributed by atoms with Crippen LogP contribution in [0.1, 0.15) is 23.0 Å². The number of rotatable bonds is 2. The summed E-state index contributed by atoms with van der Waals surface area (Å²) in [4.78, 5) is 10.7. The summed E-state index contributed by atoms with van der Waals surface area (Å²) in [5, 5.41) is 0. The van der Waals surface area contributed by atoms with Gasteiger partial charge in [-0.25, -0.2) is 0 Å². The van der Waals surface area contributed by atoms with E-state index in [2.05, 4.69) is 15.9 Å². The Morgan fingerprint density at radius 1 is 1.82 bits per heavy atom. The van der Waals surface area contributed by atoms with E-state index in [9.17, 15) is 4.79 Å². The number of nitrogens with two attached hydrogens (primary N) is 1. The van der Waals surface area contributed by atoms with Gasteiger partial charge in [-0.05, 0) is 28.4 Å². The van der Waals surface area contributed by atoms with Crippen LogP contribution in [0.3, 0.4) is 0 Å². The van der Waals surface area contributed by atoms with Crippen LogP contribution in [0.15, 0.2) is 15.2 Å². The monoisotopic (exact) mass is 217 g/mol. The lowest BCUT2D eigenvalue weighted by Gasteiger charge is -1.91. The summed E-state index contributed by atoms with van der Waals surface area (Å²) in [5.41, 5.74) is 5.89. The van der Waals surface area contributed by atoms with Crippen molar-refractivity contribution in [3.63, 3.8) is 0 Å². The third-order valence-electron chi connectivity index (χ3n) is 1.38. The highest BCUT2D eigenvalue weighted by molar-refractivity contribution is 9.10. The molecule has 0 aliphatic carbocycles. The first-order valence-corrected chi connectivity index (χ1v) is 4.02. The van der Waals surface area contributed by atoms with E-state index in [4.69, 9.17) is 10.2 Å². The van der Waals surface area contributed by atoms with Gasteiger partial charge in [-0.3, -0.25) is 4.79 Å². The third-order valence-corrected chi connectivity index (χ3v) is 1.77. The number of amides is 1. The molecule has 0 unspecified atom stereocenters. The SMILES string of the molecule is CCc1cc(Br)oc1C(N)=O. The molecule has 2 N–H and O–H groups in total. The molecular formula is C7H8BrNO2. The average Bonchev–Trinajstić information content (AvgIpc) is 2.30. The highest BCUT2D eigenvalue weighted by atomic mass is 79.9. The van der Waals surface area contributed by atoms with Crippen LogP contribution in [0, 0.1) is 0 Å². The molecule has 11 heavy (non-hydrogen) atoms. The molecule has 0 spiro atoms. The first-order chi connectivity index (χ1) is 5.15. The number of carbonyl (C=O) groups is 1. The van der Waals surface area contributed by atoms with Crippen molar-refractivity contribution in [3.05, 3.63) is 22.1 Å². The molecule has 0 aromatic carbocycles. The van der Waals surface area contributed by atoms with Gasteiger partial charge in [0.1, 0.15) is 0 Å². The molecule has 4 heteroatoms. The molecule has 0 saturated carbocycles. The maximum atomic E-state index is 10.7. The van der Waals surface area contributed by atoms with Gasteiger partial charge in [0.2, 0.25) is 0 Å². The van der Waals surface area contributed by atoms with Gasteiger partial charge in [0.05, 0.1) is 0 Å². The fourth-order valence-corrected chi connectivity index (χ4v) is 1.30. The van der Waals surface area contributed by atoms with Gasteiger partial charge in [0.15, 0.2) is 10.4 Å². The Morgan fingerprint density at radius 2 is 2.45 bits per heavy atom. The summed E-state index contributed by atoms with van der Waals surface area (Å²) in [6.07, 6.45) is 0.743. The van der Waals surface area contributed by atoms with Gasteiger partial charge in [0, 0.05) is 5.56 Å². The molecule has 1 rings (SSSR count). The Kier molecular flexibility index (Phi) is 2.34. The fourth-order valence-electron chi connectivity index (χ4n) is 0.866. The maximum Gasteiger partial charge on any atom is 0.284 e. The second-order valence-electron chi connectivity index (χ2n) is 2.12. The Hall–Kier alpha value is -0.770. The molecule has 0 saturated heterocycles. The standard InChI is InChI=1S/C7H8BrNO2/c1-2-4-3-5(8)11-6(4)7(9)10/h3H,2H2,1H3,(H2,9,10). The van der Waals surface area contributed by atoms with Gasteiger partial charge in [-0.2, -0.15) is 0 Å². The minimum absolute atomic E-state index is 0.249. The second-order valence-corrected chi connectivity index (χ2v) is 2.90. The van der Waals surface area contributed by atoms with Crippen LogP contribution in [0.5, 0.6) is 0 Å². The van der Waals surface area contributed by atoms with Gasteiger partial charge in [-0.15, -0.1) is 0 Å². The predicted molar refractivity (Wildman–Crippen MR) is 44.3 cm³/mol. The molecule has 1 amide bonds. The number of furan rings is 1. The summed E-state index contributed by atoms with van der Waals surface area (Å²) in [5.74, 6) is -0.271. The van der Waals surface area contributed by atoms with Crippen LogP contribution in [-0.2, 0) is 6.42 Å². The molecule has 3 nitrogen and oxygen atoms in total. The van der Waals surface area contributed by atoms with Gasteiger partial charge in [0.25, 0.3) is 5.91 Å². The van der Waals surface area contributed by atoms with Crippen LogP contribution in [0.4, 0.5) is 0 Å². The largest absolute Gasteiger partial charge is 0.444 e. The summed E-state index contributed by atoms with van der Waals surface area (Å²) in [6, 6.07) is 1.75. The van der Waals surface area contributed by atoms with E-state index in [-0.39, 0.29) is 5.76 Å². The molecule has 0 atom stereocenters. The second kappa shape index (κ2) is 3.09. The maximum absolute atomic E-state index is 10.7. The Bertz CT molecular complexity index is 280. The number of aryl methyl sites for hydroxylation is 1. The first kappa shape index (κ1) is 8.33. The van der Waals surface area contributed by atoms with Crippen LogP contribution in [0.2, 0.25) is 0 Å². The fraction of sp³-hybridized carbons (Fsp3) is 0.286. The molecule has 1 aromatic heterocycles. The quantitative estimate of drug-likeness (QED) is 0.821. The predicted octanol–water partition coefficient (Wildman–Crippen LogP) is 1.70. The van der Waals surface area contributed by atoms with E-state index in [1.165, 1.54) is 0 Å². The van der Waals surface area contributed by atoms with Crippen molar-refractivity contribution in [3.8, 4) is 0 Å². The molecule has 0 fully saturated rings. The highest BCUT2D eigenvalue weighted by Crippen LogP contribution is 2.20. The molecule has 0 aliphatic heterocycles. The summed E-state index contributed by atoms with van der Waals surface area (Å²) in [6.45, 7) is 1.93. The number of hydrogen-bond donors (Lipinski definition) is 1. The van der Waals surface area contributed by atoms with Crippen molar-refractivity contribution in [2.75, 3.05) is 0 Å². The lowest BCUT2D eigenvalue weighted by Crippen LogP contribution is -2.11. The molecule has 0 aliphatic rings. The number of carbonyl (C=O) groups excluding carboxylic acids is 1. The van der Waals surface area contributed by atoms with Gasteiger partial charge < -0.3 is 10.2 Å². The van der Waals surface area contributed by atoms with Crippen molar-refractivity contribution in [2.24, 2.45) is 5.73 Å². The van der Waals surface area contributed by atoms with Gasteiger partial charge >= 0.3 is 0 Å². The minimum Gasteiger partial charge on any atom is -0.444 e. The minimum atomic E-state index is -0.521. The van der Waals surface area contributed by atoms with E-state index < -0.39 is 5.91 Å². The molecule has 1 heterocycles. The smallest absolute Gasteiger partial charge is 0.284 e. The Labute approximate surface area is 72.7 Å². The van der Waals surface area contributed by atoms with Crippen molar-refractivity contribution < 1.29 is 9.21 Å². The molecule has 0 bridgehead atoms. The lowest BCUT2D eigenvalue weighted by molar-refractivity contribution is 0.0971. The summed E-state index contributed by atoms with van der Waals surface area (Å²) < 4.78 is 5.55. The normalized spacial score (nSPS) is 10.0. The lowest BCUT2D eigenvalue weighted by atomic mass is 10.2. The van der Waals surface area contributed by atoms with Crippen LogP contribution in [-0.4, -0.2) is 5.91 Å². The van der Waals surface area contributed by atoms with Crippen molar-refractivity contribution in [1.29, 1.82) is 0 Å². The van der Waals surface area contributed by atoms with Crippen molar-refractivity contribution in [2.45, 2.75) is 13.3 Å². The topological polar surface area (TPSA) is 56.2 Å². The van der Waals surface area contributed by atoms with Crippen molar-refractivity contribution >= 4 is 21.8 Å². The molecule has 60 valence electrons. The zero-order valence-electron chi connectivity index (χ0n) is 6.06. The number of primary amides is 1. The Morgan fingerprint density at radius 3 is 2.82 bits per heavy atom. The van der Waals surface area contributed by atoms with E-state index in [1.807, 2.05) is 6.92 Å². The van der Waals surface area contributed by atoms with Crippen LogP contribution in [0.25, 0.3) is 0 Å². The Balaban J connectivity index is 3.12. The van der Waals surface area contributed by atoms with E-state index in [0.717, 1.165) is 12.0 Å². The molecular weight excluding hydrogens is 210 g/mol. The van der Waals surface area contributed by atoms with E-state index >= 15 is 0 Å². The zero-order valence-corrected chi connectivity index (χ0v) is 7.64. The van der Waals surface area contributed by atoms with Crippen LogP contribution < -0.4 is 5.73 Å². The average molecular weight is 218 g/mol. The number of halogens is 1. The summed E-state index contributed by atoms with van der Waals surface area (Å²) in [7, 11) is 0. The van der Waals surface area contributed by atoms with Gasteiger partial charge in [-0.1, -0.05) is 6.92 Å². The van der Waals surface area contributed by atoms with E-state index in [1.54, 1.807) is 6.07 Å². The summed E-state index contributed by atoms with van der Waals surface area (Å²) >= 11 is 3.12. The molecule has 0 radical (unpaired) electrons. The first-order valence-electron chi connectivity index (χ1n) is 3.23. The van der Waals surface area contributed by atoms with Crippen LogP contribution >= 0.6 is 15.9 Å². The molecule has 1 aromatic rings. The van der Waals surface area contributed by atoms with Crippen molar-refractivity contribution in [1.82, 2.24) is 0 Å².